The van der Waals surface area contributed by atoms with Crippen LogP contribution in [0, 0.1) is 5.92 Å². The summed E-state index contributed by atoms with van der Waals surface area (Å²) in [7, 11) is 0. The van der Waals surface area contributed by atoms with Crippen molar-refractivity contribution < 1.29 is 19.1 Å². The smallest absolute Gasteiger partial charge is 0.331 e. The van der Waals surface area contributed by atoms with E-state index in [1.165, 1.54) is 6.92 Å². The average Bonchev–Trinajstić information content (AvgIpc) is 2.36. The average molecular weight is 252 g/mol. The lowest BCUT2D eigenvalue weighted by atomic mass is 9.83. The van der Waals surface area contributed by atoms with Gasteiger partial charge < -0.3 is 4.74 Å². The third-order valence-corrected chi connectivity index (χ3v) is 3.17. The lowest BCUT2D eigenvalue weighted by molar-refractivity contribution is -0.138. The summed E-state index contributed by atoms with van der Waals surface area (Å²) < 4.78 is 4.74. The minimum atomic E-state index is -0.619. The van der Waals surface area contributed by atoms with Crippen LogP contribution < -0.4 is 0 Å². The molecule has 0 spiro atoms. The van der Waals surface area contributed by atoms with Crippen LogP contribution in [0.3, 0.4) is 0 Å². The van der Waals surface area contributed by atoms with Crippen molar-refractivity contribution in [3.8, 4) is 0 Å². The Hall–Kier alpha value is -1.45. The maximum absolute atomic E-state index is 12.2. The van der Waals surface area contributed by atoms with E-state index in [0.29, 0.717) is 0 Å². The van der Waals surface area contributed by atoms with Gasteiger partial charge in [-0.1, -0.05) is 19.3 Å². The summed E-state index contributed by atoms with van der Waals surface area (Å²) in [6, 6.07) is 0. The highest BCUT2D eigenvalue weighted by Gasteiger charge is 2.26. The molecule has 0 aromatic rings. The molecule has 1 fully saturated rings. The number of ketones is 2. The number of ether oxygens (including phenoxy) is 1. The lowest BCUT2D eigenvalue weighted by Gasteiger charge is -2.20. The second-order valence-corrected chi connectivity index (χ2v) is 4.57. The predicted octanol–water partition coefficient (Wildman–Crippen LogP) is 2.21. The van der Waals surface area contributed by atoms with E-state index >= 15 is 0 Å². The van der Waals surface area contributed by atoms with Crippen LogP contribution in [-0.4, -0.2) is 24.1 Å². The summed E-state index contributed by atoms with van der Waals surface area (Å²) >= 11 is 0. The predicted molar refractivity (Wildman–Crippen MR) is 67.0 cm³/mol. The second kappa shape index (κ2) is 7.09. The van der Waals surface area contributed by atoms with E-state index in [1.54, 1.807) is 6.92 Å². The van der Waals surface area contributed by atoms with Crippen LogP contribution in [0.2, 0.25) is 0 Å². The van der Waals surface area contributed by atoms with Gasteiger partial charge in [-0.3, -0.25) is 9.59 Å². The third kappa shape index (κ3) is 4.09. The molecule has 0 amide bonds. The third-order valence-electron chi connectivity index (χ3n) is 3.17. The van der Waals surface area contributed by atoms with E-state index in [2.05, 4.69) is 0 Å². The highest BCUT2D eigenvalue weighted by Crippen LogP contribution is 2.26. The van der Waals surface area contributed by atoms with E-state index in [-0.39, 0.29) is 29.7 Å². The molecule has 0 radical (unpaired) electrons. The van der Waals surface area contributed by atoms with E-state index < -0.39 is 5.97 Å². The van der Waals surface area contributed by atoms with Crippen LogP contribution in [0.1, 0.15) is 46.0 Å². The summed E-state index contributed by atoms with van der Waals surface area (Å²) in [6.07, 6.45) is 5.84. The molecule has 18 heavy (non-hydrogen) atoms. The molecule has 0 saturated heterocycles. The van der Waals surface area contributed by atoms with Crippen molar-refractivity contribution in [3.05, 3.63) is 11.6 Å². The van der Waals surface area contributed by atoms with Crippen molar-refractivity contribution in [1.82, 2.24) is 0 Å². The first kappa shape index (κ1) is 14.6. The van der Waals surface area contributed by atoms with Gasteiger partial charge in [0.05, 0.1) is 12.2 Å². The van der Waals surface area contributed by atoms with Gasteiger partial charge in [0, 0.05) is 12.0 Å². The molecule has 1 rings (SSSR count). The lowest BCUT2D eigenvalue weighted by Crippen LogP contribution is -2.23. The Bertz CT molecular complexity index is 362. The number of Topliss-reactive ketones (excluding diaryl/α,β-unsaturated/α-hetero) is 2. The van der Waals surface area contributed by atoms with Crippen LogP contribution in [0.5, 0.6) is 0 Å². The first-order valence-corrected chi connectivity index (χ1v) is 6.49. The molecule has 0 N–H and O–H groups in total. The van der Waals surface area contributed by atoms with Crippen LogP contribution in [0.25, 0.3) is 0 Å². The van der Waals surface area contributed by atoms with Gasteiger partial charge in [-0.15, -0.1) is 0 Å². The first-order chi connectivity index (χ1) is 8.56. The van der Waals surface area contributed by atoms with Crippen LogP contribution in [0.15, 0.2) is 11.6 Å². The number of esters is 1. The fraction of sp³-hybridized carbons (Fsp3) is 0.643. The maximum atomic E-state index is 12.2. The Morgan fingerprint density at radius 2 is 1.78 bits per heavy atom. The van der Waals surface area contributed by atoms with Crippen LogP contribution >= 0.6 is 0 Å². The van der Waals surface area contributed by atoms with Crippen molar-refractivity contribution in [3.63, 3.8) is 0 Å². The van der Waals surface area contributed by atoms with Crippen molar-refractivity contribution >= 4 is 17.5 Å². The molecule has 0 bridgehead atoms. The fourth-order valence-corrected chi connectivity index (χ4v) is 2.23. The van der Waals surface area contributed by atoms with Gasteiger partial charge in [-0.25, -0.2) is 4.79 Å². The maximum Gasteiger partial charge on any atom is 0.331 e. The summed E-state index contributed by atoms with van der Waals surface area (Å²) in [6.45, 7) is 3.23. The van der Waals surface area contributed by atoms with Crippen LogP contribution in [-0.2, 0) is 19.1 Å². The molecule has 4 nitrogen and oxygen atoms in total. The molecule has 0 aromatic carbocycles. The fourth-order valence-electron chi connectivity index (χ4n) is 2.23. The Labute approximate surface area is 107 Å². The molecule has 0 heterocycles. The highest BCUT2D eigenvalue weighted by molar-refractivity contribution is 6.22. The van der Waals surface area contributed by atoms with Crippen molar-refractivity contribution in [2.45, 2.75) is 46.0 Å². The van der Waals surface area contributed by atoms with Crippen molar-refractivity contribution in [2.24, 2.45) is 5.92 Å². The normalized spacial score (nSPS) is 17.3. The topological polar surface area (TPSA) is 60.4 Å². The molecule has 1 saturated carbocycles. The van der Waals surface area contributed by atoms with Crippen molar-refractivity contribution in [2.75, 3.05) is 6.61 Å². The van der Waals surface area contributed by atoms with Gasteiger partial charge in [0.1, 0.15) is 0 Å². The largest absolute Gasteiger partial charge is 0.463 e. The van der Waals surface area contributed by atoms with Gasteiger partial charge >= 0.3 is 5.97 Å². The number of hydrogen-bond donors (Lipinski definition) is 0. The Morgan fingerprint density at radius 3 is 2.28 bits per heavy atom. The molecular formula is C14H20O4. The van der Waals surface area contributed by atoms with Gasteiger partial charge in [0.25, 0.3) is 0 Å². The zero-order valence-corrected chi connectivity index (χ0v) is 11.0. The van der Waals surface area contributed by atoms with Gasteiger partial charge in [0.15, 0.2) is 11.6 Å². The number of hydrogen-bond acceptors (Lipinski definition) is 4. The SMILES string of the molecule is CCOC(=O)C=C(C(C)=O)C(=O)C1CCCCC1. The van der Waals surface area contributed by atoms with E-state index in [0.717, 1.165) is 38.2 Å². The molecule has 0 unspecified atom stereocenters. The van der Waals surface area contributed by atoms with Gasteiger partial charge in [-0.05, 0) is 26.7 Å². The molecule has 0 aromatic heterocycles. The van der Waals surface area contributed by atoms with E-state index in [4.69, 9.17) is 4.74 Å². The summed E-state index contributed by atoms with van der Waals surface area (Å²) in [4.78, 5) is 35.0. The van der Waals surface area contributed by atoms with Crippen LogP contribution in [0.4, 0.5) is 0 Å². The molecule has 100 valence electrons. The highest BCUT2D eigenvalue weighted by atomic mass is 16.5. The quantitative estimate of drug-likeness (QED) is 0.326. The number of rotatable bonds is 5. The summed E-state index contributed by atoms with van der Waals surface area (Å²) in [5.41, 5.74) is -0.0136. The Morgan fingerprint density at radius 1 is 1.17 bits per heavy atom. The molecular weight excluding hydrogens is 232 g/mol. The first-order valence-electron chi connectivity index (χ1n) is 6.49. The monoisotopic (exact) mass is 252 g/mol. The number of carbonyl (C=O) groups excluding carboxylic acids is 3. The minimum Gasteiger partial charge on any atom is -0.463 e. The second-order valence-electron chi connectivity index (χ2n) is 4.57. The standard InChI is InChI=1S/C14H20O4/c1-3-18-13(16)9-12(10(2)15)14(17)11-7-5-4-6-8-11/h9,11H,3-8H2,1-2H3. The molecule has 0 aliphatic heterocycles. The van der Waals surface area contributed by atoms with Gasteiger partial charge in [0.2, 0.25) is 0 Å². The Kier molecular flexibility index (Phi) is 5.75. The molecule has 0 atom stereocenters. The van der Waals surface area contributed by atoms with E-state index in [9.17, 15) is 14.4 Å². The minimum absolute atomic E-state index is 0.0136. The van der Waals surface area contributed by atoms with Gasteiger partial charge in [-0.2, -0.15) is 0 Å². The Balaban J connectivity index is 2.80. The van der Waals surface area contributed by atoms with E-state index in [1.807, 2.05) is 0 Å². The summed E-state index contributed by atoms with van der Waals surface area (Å²) in [5, 5.41) is 0. The number of carbonyl (C=O) groups is 3. The molecule has 1 aliphatic rings. The summed E-state index contributed by atoms with van der Waals surface area (Å²) in [5.74, 6) is -1.29. The zero-order valence-electron chi connectivity index (χ0n) is 11.0. The zero-order chi connectivity index (χ0) is 13.5. The molecule has 1 aliphatic carbocycles. The molecule has 4 heteroatoms. The number of allylic oxidation sites excluding steroid dienone is 1. The van der Waals surface area contributed by atoms with Crippen molar-refractivity contribution in [1.29, 1.82) is 0 Å².